The van der Waals surface area contributed by atoms with Crippen LogP contribution in [0.4, 0.5) is 0 Å². The standard InChI is InChI=1S/C8H12N2O2/c1-6(4-9)8(12)10-3-2-7(11)5-10/h6-7,11H,2-3,5H2,1H3. The summed E-state index contributed by atoms with van der Waals surface area (Å²) in [4.78, 5) is 12.9. The van der Waals surface area contributed by atoms with E-state index in [9.17, 15) is 4.79 Å². The molecule has 66 valence electrons. The molecule has 0 aromatic rings. The normalized spacial score (nSPS) is 25.1. The molecule has 0 aromatic carbocycles. The van der Waals surface area contributed by atoms with Gasteiger partial charge in [-0.15, -0.1) is 0 Å². The summed E-state index contributed by atoms with van der Waals surface area (Å²) >= 11 is 0. The molecule has 0 aliphatic carbocycles. The molecule has 2 atom stereocenters. The highest BCUT2D eigenvalue weighted by Gasteiger charge is 2.27. The number of hydrogen-bond donors (Lipinski definition) is 1. The molecule has 1 aliphatic rings. The first-order chi connectivity index (χ1) is 5.65. The van der Waals surface area contributed by atoms with Gasteiger partial charge in [0, 0.05) is 13.1 Å². The van der Waals surface area contributed by atoms with E-state index in [2.05, 4.69) is 0 Å². The highest BCUT2D eigenvalue weighted by molar-refractivity contribution is 5.81. The van der Waals surface area contributed by atoms with E-state index < -0.39 is 12.0 Å². The fourth-order valence-electron chi connectivity index (χ4n) is 1.27. The Morgan fingerprint density at radius 2 is 2.50 bits per heavy atom. The van der Waals surface area contributed by atoms with E-state index in [1.165, 1.54) is 0 Å². The lowest BCUT2D eigenvalue weighted by Gasteiger charge is -2.16. The van der Waals surface area contributed by atoms with E-state index in [0.29, 0.717) is 19.5 Å². The van der Waals surface area contributed by atoms with Crippen LogP contribution in [0.5, 0.6) is 0 Å². The zero-order chi connectivity index (χ0) is 9.14. The van der Waals surface area contributed by atoms with Crippen LogP contribution in [0.2, 0.25) is 0 Å². The van der Waals surface area contributed by atoms with Crippen molar-refractivity contribution < 1.29 is 9.90 Å². The predicted molar refractivity (Wildman–Crippen MR) is 42.0 cm³/mol. The molecule has 4 nitrogen and oxygen atoms in total. The summed E-state index contributed by atoms with van der Waals surface area (Å²) in [5.74, 6) is -0.760. The Morgan fingerprint density at radius 1 is 1.83 bits per heavy atom. The molecule has 2 unspecified atom stereocenters. The first-order valence-electron chi connectivity index (χ1n) is 4.01. The van der Waals surface area contributed by atoms with Crippen molar-refractivity contribution in [3.8, 4) is 6.07 Å². The average molecular weight is 168 g/mol. The number of carbonyl (C=O) groups excluding carboxylic acids is 1. The first kappa shape index (κ1) is 9.01. The number of nitriles is 1. The number of rotatable bonds is 1. The number of β-amino-alcohol motifs (C(OH)–C–C–N with tert-alkyl or cyclic N) is 1. The summed E-state index contributed by atoms with van der Waals surface area (Å²) < 4.78 is 0. The maximum absolute atomic E-state index is 11.3. The Kier molecular flexibility index (Phi) is 2.66. The Labute approximate surface area is 71.4 Å². The van der Waals surface area contributed by atoms with Crippen LogP contribution in [0.25, 0.3) is 0 Å². The maximum atomic E-state index is 11.3. The van der Waals surface area contributed by atoms with Crippen molar-refractivity contribution in [2.24, 2.45) is 5.92 Å². The number of aliphatic hydroxyl groups excluding tert-OH is 1. The number of carbonyl (C=O) groups is 1. The van der Waals surface area contributed by atoms with Gasteiger partial charge >= 0.3 is 0 Å². The molecule has 4 heteroatoms. The minimum Gasteiger partial charge on any atom is -0.391 e. The van der Waals surface area contributed by atoms with E-state index in [1.807, 2.05) is 6.07 Å². The lowest BCUT2D eigenvalue weighted by molar-refractivity contribution is -0.132. The van der Waals surface area contributed by atoms with Crippen LogP contribution in [0.3, 0.4) is 0 Å². The third kappa shape index (κ3) is 1.74. The highest BCUT2D eigenvalue weighted by atomic mass is 16.3. The van der Waals surface area contributed by atoms with Crippen LogP contribution in [0.15, 0.2) is 0 Å². The third-order valence-corrected chi connectivity index (χ3v) is 2.04. The molecule has 1 fully saturated rings. The van der Waals surface area contributed by atoms with Crippen molar-refractivity contribution in [2.75, 3.05) is 13.1 Å². The number of hydrogen-bond acceptors (Lipinski definition) is 3. The molecule has 0 radical (unpaired) electrons. The lowest BCUT2D eigenvalue weighted by atomic mass is 10.2. The van der Waals surface area contributed by atoms with Crippen LogP contribution >= 0.6 is 0 Å². The van der Waals surface area contributed by atoms with Crippen molar-refractivity contribution >= 4 is 5.91 Å². The minimum atomic E-state index is -0.588. The summed E-state index contributed by atoms with van der Waals surface area (Å²) in [5, 5.41) is 17.6. The van der Waals surface area contributed by atoms with E-state index in [1.54, 1.807) is 11.8 Å². The second kappa shape index (κ2) is 3.55. The topological polar surface area (TPSA) is 64.3 Å². The summed E-state index contributed by atoms with van der Waals surface area (Å²) in [6.45, 7) is 2.53. The van der Waals surface area contributed by atoms with Gasteiger partial charge < -0.3 is 10.0 Å². The van der Waals surface area contributed by atoms with Crippen LogP contribution in [0.1, 0.15) is 13.3 Å². The monoisotopic (exact) mass is 168 g/mol. The lowest BCUT2D eigenvalue weighted by Crippen LogP contribution is -2.33. The largest absolute Gasteiger partial charge is 0.391 e. The molecule has 0 bridgehead atoms. The molecular weight excluding hydrogens is 156 g/mol. The van der Waals surface area contributed by atoms with Gasteiger partial charge in [-0.2, -0.15) is 5.26 Å². The molecule has 0 saturated carbocycles. The number of aliphatic hydroxyl groups is 1. The summed E-state index contributed by atoms with van der Waals surface area (Å²) in [7, 11) is 0. The van der Waals surface area contributed by atoms with Gasteiger partial charge in [0.1, 0.15) is 5.92 Å². The molecular formula is C8H12N2O2. The second-order valence-corrected chi connectivity index (χ2v) is 3.08. The summed E-state index contributed by atoms with van der Waals surface area (Å²) in [5.41, 5.74) is 0. The van der Waals surface area contributed by atoms with Crippen molar-refractivity contribution in [2.45, 2.75) is 19.4 Å². The van der Waals surface area contributed by atoms with Crippen molar-refractivity contribution in [1.29, 1.82) is 5.26 Å². The Hall–Kier alpha value is -1.08. The van der Waals surface area contributed by atoms with Gasteiger partial charge in [0.25, 0.3) is 0 Å². The maximum Gasteiger partial charge on any atom is 0.239 e. The van der Waals surface area contributed by atoms with Crippen LogP contribution in [-0.4, -0.2) is 35.1 Å². The quantitative estimate of drug-likeness (QED) is 0.586. The van der Waals surface area contributed by atoms with Crippen LogP contribution < -0.4 is 0 Å². The van der Waals surface area contributed by atoms with Gasteiger partial charge in [-0.1, -0.05) is 0 Å². The number of likely N-dealkylation sites (tertiary alicyclic amines) is 1. The number of nitrogens with zero attached hydrogens (tertiary/aromatic N) is 2. The SMILES string of the molecule is CC(C#N)C(=O)N1CCC(O)C1. The zero-order valence-corrected chi connectivity index (χ0v) is 7.03. The zero-order valence-electron chi connectivity index (χ0n) is 7.03. The molecule has 1 heterocycles. The van der Waals surface area contributed by atoms with Crippen LogP contribution in [-0.2, 0) is 4.79 Å². The third-order valence-electron chi connectivity index (χ3n) is 2.04. The first-order valence-corrected chi connectivity index (χ1v) is 4.01. The van der Waals surface area contributed by atoms with Crippen molar-refractivity contribution in [1.82, 2.24) is 4.90 Å². The van der Waals surface area contributed by atoms with Gasteiger partial charge in [0.05, 0.1) is 12.2 Å². The van der Waals surface area contributed by atoms with Gasteiger partial charge in [-0.25, -0.2) is 0 Å². The molecule has 1 aliphatic heterocycles. The van der Waals surface area contributed by atoms with Crippen LogP contribution in [0, 0.1) is 17.2 Å². The Morgan fingerprint density at radius 3 is 2.92 bits per heavy atom. The molecule has 1 N–H and O–H groups in total. The molecule has 0 spiro atoms. The van der Waals surface area contributed by atoms with Gasteiger partial charge in [0.15, 0.2) is 0 Å². The predicted octanol–water partition coefficient (Wildman–Crippen LogP) is -0.261. The molecule has 0 aromatic heterocycles. The number of amides is 1. The van der Waals surface area contributed by atoms with Gasteiger partial charge in [0.2, 0.25) is 5.91 Å². The molecule has 1 amide bonds. The second-order valence-electron chi connectivity index (χ2n) is 3.08. The highest BCUT2D eigenvalue weighted by Crippen LogP contribution is 2.11. The van der Waals surface area contributed by atoms with E-state index >= 15 is 0 Å². The summed E-state index contributed by atoms with van der Waals surface area (Å²) in [6.07, 6.45) is 0.226. The summed E-state index contributed by atoms with van der Waals surface area (Å²) in [6, 6.07) is 1.88. The molecule has 12 heavy (non-hydrogen) atoms. The van der Waals surface area contributed by atoms with E-state index in [4.69, 9.17) is 10.4 Å². The smallest absolute Gasteiger partial charge is 0.239 e. The fraction of sp³-hybridized carbons (Fsp3) is 0.750. The van der Waals surface area contributed by atoms with E-state index in [-0.39, 0.29) is 5.91 Å². The van der Waals surface area contributed by atoms with Crippen molar-refractivity contribution in [3.63, 3.8) is 0 Å². The minimum absolute atomic E-state index is 0.172. The van der Waals surface area contributed by atoms with Gasteiger partial charge in [-0.05, 0) is 13.3 Å². The fourth-order valence-corrected chi connectivity index (χ4v) is 1.27. The molecule has 1 saturated heterocycles. The Balaban J connectivity index is 2.50. The Bertz CT molecular complexity index is 222. The van der Waals surface area contributed by atoms with Crippen molar-refractivity contribution in [3.05, 3.63) is 0 Å². The van der Waals surface area contributed by atoms with E-state index in [0.717, 1.165) is 0 Å². The van der Waals surface area contributed by atoms with Gasteiger partial charge in [-0.3, -0.25) is 4.79 Å². The average Bonchev–Trinajstić information content (AvgIpc) is 2.49. The molecule has 1 rings (SSSR count).